The van der Waals surface area contributed by atoms with Gasteiger partial charge in [-0.25, -0.2) is 0 Å². The normalized spacial score (nSPS) is 17.5. The van der Waals surface area contributed by atoms with Crippen LogP contribution in [0.2, 0.25) is 0 Å². The minimum absolute atomic E-state index is 0. The highest BCUT2D eigenvalue weighted by Gasteiger charge is 2.30. The molecule has 1 N–H and O–H groups in total. The molecule has 6 nitrogen and oxygen atoms in total. The molecule has 134 valence electrons. The molecule has 0 saturated carbocycles. The molecule has 1 saturated heterocycles. The SMILES string of the molecule is CNCC1CCN(C(=O)c2ccc(C(C)(C)C)c([N+](=O)[O-])c2)C1.Cl. The van der Waals surface area contributed by atoms with Crippen LogP contribution in [0, 0.1) is 16.0 Å². The summed E-state index contributed by atoms with van der Waals surface area (Å²) >= 11 is 0. The summed E-state index contributed by atoms with van der Waals surface area (Å²) in [6, 6.07) is 4.85. The summed E-state index contributed by atoms with van der Waals surface area (Å²) in [5.41, 5.74) is 0.729. The summed E-state index contributed by atoms with van der Waals surface area (Å²) in [6.45, 7) is 8.08. The summed E-state index contributed by atoms with van der Waals surface area (Å²) in [4.78, 5) is 25.4. The number of halogens is 1. The standard InChI is InChI=1S/C17H25N3O3.ClH/c1-17(2,3)14-6-5-13(9-15(14)20(22)23)16(21)19-8-7-12(11-19)10-18-4;/h5-6,9,12,18H,7-8,10-11H2,1-4H3;1H. The Hall–Kier alpha value is -1.66. The van der Waals surface area contributed by atoms with Crippen molar-refractivity contribution in [1.29, 1.82) is 0 Å². The topological polar surface area (TPSA) is 75.5 Å². The van der Waals surface area contributed by atoms with Crippen LogP contribution in [0.4, 0.5) is 5.69 Å². The van der Waals surface area contributed by atoms with Gasteiger partial charge in [0.15, 0.2) is 0 Å². The highest BCUT2D eigenvalue weighted by Crippen LogP contribution is 2.32. The van der Waals surface area contributed by atoms with Crippen molar-refractivity contribution in [3.8, 4) is 0 Å². The second-order valence-electron chi connectivity index (χ2n) is 7.20. The lowest BCUT2D eigenvalue weighted by atomic mass is 9.85. The predicted molar refractivity (Wildman–Crippen MR) is 97.0 cm³/mol. The average Bonchev–Trinajstić information content (AvgIpc) is 2.94. The van der Waals surface area contributed by atoms with Crippen molar-refractivity contribution in [2.75, 3.05) is 26.7 Å². The summed E-state index contributed by atoms with van der Waals surface area (Å²) in [5.74, 6) is 0.333. The summed E-state index contributed by atoms with van der Waals surface area (Å²) in [5, 5.41) is 14.5. The monoisotopic (exact) mass is 355 g/mol. The molecule has 0 bridgehead atoms. The molecule has 0 spiro atoms. The Kier molecular flexibility index (Phi) is 6.75. The molecule has 1 unspecified atom stereocenters. The van der Waals surface area contributed by atoms with Gasteiger partial charge in [-0.2, -0.15) is 0 Å². The van der Waals surface area contributed by atoms with E-state index >= 15 is 0 Å². The molecule has 1 aliphatic rings. The van der Waals surface area contributed by atoms with Crippen molar-refractivity contribution in [2.24, 2.45) is 5.92 Å². The number of carbonyl (C=O) groups excluding carboxylic acids is 1. The maximum absolute atomic E-state index is 12.6. The van der Waals surface area contributed by atoms with Gasteiger partial charge in [0.25, 0.3) is 11.6 Å². The maximum atomic E-state index is 12.6. The van der Waals surface area contributed by atoms with Crippen molar-refractivity contribution in [3.05, 3.63) is 39.4 Å². The molecule has 1 aliphatic heterocycles. The molecule has 1 atom stereocenters. The second-order valence-corrected chi connectivity index (χ2v) is 7.20. The summed E-state index contributed by atoms with van der Waals surface area (Å²) in [6.07, 6.45) is 0.967. The number of nitrogens with zero attached hydrogens (tertiary/aromatic N) is 2. The van der Waals surface area contributed by atoms with Crippen molar-refractivity contribution in [1.82, 2.24) is 10.2 Å². The van der Waals surface area contributed by atoms with Gasteiger partial charge in [-0.3, -0.25) is 14.9 Å². The molecular weight excluding hydrogens is 330 g/mol. The number of hydrogen-bond acceptors (Lipinski definition) is 4. The van der Waals surface area contributed by atoms with Gasteiger partial charge in [-0.05, 0) is 37.4 Å². The van der Waals surface area contributed by atoms with E-state index in [4.69, 9.17) is 0 Å². The van der Waals surface area contributed by atoms with Gasteiger partial charge < -0.3 is 10.2 Å². The number of rotatable bonds is 4. The highest BCUT2D eigenvalue weighted by molar-refractivity contribution is 5.95. The van der Waals surface area contributed by atoms with Crippen LogP contribution in [0.5, 0.6) is 0 Å². The van der Waals surface area contributed by atoms with Crippen LogP contribution in [0.25, 0.3) is 0 Å². The molecule has 2 rings (SSSR count). The largest absolute Gasteiger partial charge is 0.338 e. The average molecular weight is 356 g/mol. The van der Waals surface area contributed by atoms with Crippen LogP contribution in [-0.2, 0) is 5.41 Å². The minimum Gasteiger partial charge on any atom is -0.338 e. The Morgan fingerprint density at radius 3 is 2.62 bits per heavy atom. The van der Waals surface area contributed by atoms with Crippen LogP contribution in [0.3, 0.4) is 0 Å². The zero-order valence-electron chi connectivity index (χ0n) is 14.7. The lowest BCUT2D eigenvalue weighted by molar-refractivity contribution is -0.386. The molecule has 1 amide bonds. The van der Waals surface area contributed by atoms with E-state index in [1.165, 1.54) is 6.07 Å². The minimum atomic E-state index is -0.398. The van der Waals surface area contributed by atoms with Crippen LogP contribution >= 0.6 is 12.4 Å². The van der Waals surface area contributed by atoms with Gasteiger partial charge in [-0.15, -0.1) is 12.4 Å². The van der Waals surface area contributed by atoms with Crippen LogP contribution in [0.15, 0.2) is 18.2 Å². The smallest absolute Gasteiger partial charge is 0.273 e. The first-order valence-corrected chi connectivity index (χ1v) is 7.97. The van der Waals surface area contributed by atoms with Gasteiger partial charge in [0, 0.05) is 30.3 Å². The number of amides is 1. The van der Waals surface area contributed by atoms with E-state index in [0.29, 0.717) is 30.1 Å². The van der Waals surface area contributed by atoms with Crippen molar-refractivity contribution < 1.29 is 9.72 Å². The van der Waals surface area contributed by atoms with Gasteiger partial charge in [-0.1, -0.05) is 26.8 Å². The Morgan fingerprint density at radius 1 is 1.42 bits per heavy atom. The third-order valence-electron chi connectivity index (χ3n) is 4.32. The number of likely N-dealkylation sites (tertiary alicyclic amines) is 1. The fourth-order valence-corrected chi connectivity index (χ4v) is 3.10. The second kappa shape index (κ2) is 7.94. The number of nitrogens with one attached hydrogen (secondary N) is 1. The zero-order chi connectivity index (χ0) is 17.2. The fourth-order valence-electron chi connectivity index (χ4n) is 3.10. The van der Waals surface area contributed by atoms with E-state index in [2.05, 4.69) is 5.32 Å². The van der Waals surface area contributed by atoms with Gasteiger partial charge in [0.1, 0.15) is 0 Å². The predicted octanol–water partition coefficient (Wildman–Crippen LogP) is 3.00. The van der Waals surface area contributed by atoms with Crippen molar-refractivity contribution in [3.63, 3.8) is 0 Å². The molecule has 0 aromatic heterocycles. The third kappa shape index (κ3) is 4.45. The Balaban J connectivity index is 0.00000288. The fraction of sp³-hybridized carbons (Fsp3) is 0.588. The highest BCUT2D eigenvalue weighted by atomic mass is 35.5. The summed E-state index contributed by atoms with van der Waals surface area (Å²) < 4.78 is 0. The molecule has 24 heavy (non-hydrogen) atoms. The Morgan fingerprint density at radius 2 is 2.08 bits per heavy atom. The first-order chi connectivity index (χ1) is 10.7. The van der Waals surface area contributed by atoms with E-state index < -0.39 is 4.92 Å². The molecule has 7 heteroatoms. The third-order valence-corrected chi connectivity index (χ3v) is 4.32. The zero-order valence-corrected chi connectivity index (χ0v) is 15.5. The molecular formula is C17H26ClN3O3. The lowest BCUT2D eigenvalue weighted by Crippen LogP contribution is -2.30. The van der Waals surface area contributed by atoms with Gasteiger partial charge in [0.2, 0.25) is 0 Å². The Labute approximate surface area is 149 Å². The van der Waals surface area contributed by atoms with Crippen LogP contribution in [-0.4, -0.2) is 42.4 Å². The van der Waals surface area contributed by atoms with E-state index in [0.717, 1.165) is 13.0 Å². The molecule has 0 radical (unpaired) electrons. The van der Waals surface area contributed by atoms with E-state index in [1.807, 2.05) is 27.8 Å². The number of hydrogen-bond donors (Lipinski definition) is 1. The molecule has 0 aliphatic carbocycles. The van der Waals surface area contributed by atoms with E-state index in [9.17, 15) is 14.9 Å². The van der Waals surface area contributed by atoms with Crippen LogP contribution < -0.4 is 5.32 Å². The molecule has 1 aromatic carbocycles. The first kappa shape index (κ1) is 20.4. The van der Waals surface area contributed by atoms with Gasteiger partial charge in [0.05, 0.1) is 4.92 Å². The number of carbonyl (C=O) groups is 1. The van der Waals surface area contributed by atoms with Gasteiger partial charge >= 0.3 is 0 Å². The van der Waals surface area contributed by atoms with Crippen molar-refractivity contribution in [2.45, 2.75) is 32.6 Å². The van der Waals surface area contributed by atoms with Crippen molar-refractivity contribution >= 4 is 24.0 Å². The maximum Gasteiger partial charge on any atom is 0.273 e. The lowest BCUT2D eigenvalue weighted by Gasteiger charge is -2.20. The Bertz CT molecular complexity index is 614. The number of benzene rings is 1. The first-order valence-electron chi connectivity index (χ1n) is 7.97. The number of nitro benzene ring substituents is 1. The quantitative estimate of drug-likeness (QED) is 0.665. The molecule has 1 fully saturated rings. The van der Waals surface area contributed by atoms with Crippen LogP contribution in [0.1, 0.15) is 43.1 Å². The van der Waals surface area contributed by atoms with E-state index in [1.54, 1.807) is 17.0 Å². The van der Waals surface area contributed by atoms with E-state index in [-0.39, 0.29) is 29.4 Å². The summed E-state index contributed by atoms with van der Waals surface area (Å²) in [7, 11) is 1.90. The molecule has 1 aromatic rings. The molecule has 1 heterocycles. The number of nitro groups is 1.